The highest BCUT2D eigenvalue weighted by Gasteiger charge is 2.28. The zero-order valence-electron chi connectivity index (χ0n) is 13.3. The summed E-state index contributed by atoms with van der Waals surface area (Å²) in [6.45, 7) is 11.8. The molecule has 0 spiro atoms. The van der Waals surface area contributed by atoms with Crippen LogP contribution in [-0.2, 0) is 6.42 Å². The van der Waals surface area contributed by atoms with E-state index < -0.39 is 0 Å². The average molecular weight is 277 g/mol. The zero-order valence-corrected chi connectivity index (χ0v) is 13.3. The molecule has 0 amide bonds. The molecule has 0 aliphatic carbocycles. The van der Waals surface area contributed by atoms with Crippen LogP contribution in [0.5, 0.6) is 0 Å². The molecular weight excluding hydrogens is 250 g/mol. The van der Waals surface area contributed by atoms with Crippen LogP contribution >= 0.6 is 0 Å². The highest BCUT2D eigenvalue weighted by Crippen LogP contribution is 2.27. The van der Waals surface area contributed by atoms with Crippen molar-refractivity contribution in [1.29, 1.82) is 0 Å². The lowest BCUT2D eigenvalue weighted by molar-refractivity contribution is 0.169. The third-order valence-electron chi connectivity index (χ3n) is 4.28. The summed E-state index contributed by atoms with van der Waals surface area (Å²) in [5, 5.41) is 3.35. The van der Waals surface area contributed by atoms with Gasteiger partial charge in [0, 0.05) is 37.3 Å². The minimum absolute atomic E-state index is 0.543. The maximum absolute atomic E-state index is 4.57. The Bertz CT molecular complexity index is 436. The number of nitrogens with one attached hydrogen (secondary N) is 1. The number of aromatic nitrogens is 2. The number of hydrogen-bond donors (Lipinski definition) is 1. The van der Waals surface area contributed by atoms with Gasteiger partial charge in [-0.2, -0.15) is 0 Å². The number of likely N-dealkylation sites (N-methyl/N-ethyl adjacent to an activating group) is 1. The second-order valence-electron chi connectivity index (χ2n) is 5.68. The predicted octanol–water partition coefficient (Wildman–Crippen LogP) is 2.00. The van der Waals surface area contributed by atoms with Gasteiger partial charge in [0.15, 0.2) is 0 Å². The van der Waals surface area contributed by atoms with Crippen molar-refractivity contribution >= 4 is 11.6 Å². The molecule has 0 bridgehead atoms. The van der Waals surface area contributed by atoms with Crippen molar-refractivity contribution in [3.8, 4) is 0 Å². The van der Waals surface area contributed by atoms with E-state index in [0.29, 0.717) is 12.1 Å². The molecule has 112 valence electrons. The monoisotopic (exact) mass is 277 g/mol. The molecule has 2 rings (SSSR count). The Morgan fingerprint density at radius 2 is 1.85 bits per heavy atom. The molecule has 2 unspecified atom stereocenters. The summed E-state index contributed by atoms with van der Waals surface area (Å²) in [5.74, 6) is 2.09. The first-order valence-electron chi connectivity index (χ1n) is 7.63. The molecule has 0 aromatic carbocycles. The van der Waals surface area contributed by atoms with Crippen molar-refractivity contribution in [3.05, 3.63) is 11.9 Å². The van der Waals surface area contributed by atoms with Crippen LogP contribution in [0.15, 0.2) is 6.33 Å². The van der Waals surface area contributed by atoms with Gasteiger partial charge >= 0.3 is 0 Å². The Kier molecular flexibility index (Phi) is 4.81. The van der Waals surface area contributed by atoms with Crippen molar-refractivity contribution in [3.63, 3.8) is 0 Å². The van der Waals surface area contributed by atoms with Crippen LogP contribution in [0.25, 0.3) is 0 Å². The first kappa shape index (κ1) is 15.0. The second kappa shape index (κ2) is 6.39. The fraction of sp³-hybridized carbons (Fsp3) is 0.733. The van der Waals surface area contributed by atoms with Crippen LogP contribution in [-0.4, -0.2) is 53.6 Å². The molecule has 1 aromatic rings. The highest BCUT2D eigenvalue weighted by atomic mass is 15.3. The minimum Gasteiger partial charge on any atom is -0.370 e. The lowest BCUT2D eigenvalue weighted by Gasteiger charge is -2.43. The van der Waals surface area contributed by atoms with Gasteiger partial charge in [0.1, 0.15) is 18.0 Å². The Morgan fingerprint density at radius 3 is 2.40 bits per heavy atom. The van der Waals surface area contributed by atoms with Crippen LogP contribution in [0.4, 0.5) is 11.6 Å². The van der Waals surface area contributed by atoms with E-state index in [1.54, 1.807) is 6.33 Å². The summed E-state index contributed by atoms with van der Waals surface area (Å²) in [5.41, 5.74) is 1.23. The molecule has 1 aromatic heterocycles. The quantitative estimate of drug-likeness (QED) is 0.912. The number of anilines is 2. The Labute approximate surface area is 122 Å². The van der Waals surface area contributed by atoms with Crippen LogP contribution in [0, 0.1) is 0 Å². The second-order valence-corrected chi connectivity index (χ2v) is 5.68. The Morgan fingerprint density at radius 1 is 1.20 bits per heavy atom. The van der Waals surface area contributed by atoms with E-state index in [1.807, 2.05) is 0 Å². The fourth-order valence-electron chi connectivity index (χ4n) is 2.90. The van der Waals surface area contributed by atoms with E-state index in [2.05, 4.69) is 59.8 Å². The maximum Gasteiger partial charge on any atom is 0.137 e. The summed E-state index contributed by atoms with van der Waals surface area (Å²) in [4.78, 5) is 13.8. The number of rotatable bonds is 4. The summed E-state index contributed by atoms with van der Waals surface area (Å²) in [7, 11) is 2.21. The topological polar surface area (TPSA) is 44.3 Å². The van der Waals surface area contributed by atoms with E-state index in [-0.39, 0.29) is 0 Å². The first-order chi connectivity index (χ1) is 9.58. The molecule has 2 heterocycles. The van der Waals surface area contributed by atoms with Gasteiger partial charge in [-0.05, 0) is 34.2 Å². The van der Waals surface area contributed by atoms with Crippen molar-refractivity contribution in [1.82, 2.24) is 14.9 Å². The van der Waals surface area contributed by atoms with Crippen molar-refractivity contribution < 1.29 is 0 Å². The van der Waals surface area contributed by atoms with Gasteiger partial charge in [0.2, 0.25) is 0 Å². The molecule has 1 aliphatic rings. The summed E-state index contributed by atoms with van der Waals surface area (Å²) >= 11 is 0. The summed E-state index contributed by atoms with van der Waals surface area (Å²) in [6, 6.07) is 1.09. The molecule has 5 nitrogen and oxygen atoms in total. The van der Waals surface area contributed by atoms with Crippen molar-refractivity contribution in [2.75, 3.05) is 36.9 Å². The average Bonchev–Trinajstić information content (AvgIpc) is 2.44. The van der Waals surface area contributed by atoms with E-state index in [4.69, 9.17) is 0 Å². The van der Waals surface area contributed by atoms with E-state index in [1.165, 1.54) is 5.56 Å². The molecular formula is C15H27N5. The third kappa shape index (κ3) is 2.87. The SMILES string of the molecule is CCNc1ncnc(N2CC(C)N(C)C(C)C2)c1CC. The number of piperazine rings is 1. The van der Waals surface area contributed by atoms with Crippen LogP contribution < -0.4 is 10.2 Å². The van der Waals surface area contributed by atoms with Gasteiger partial charge in [-0.25, -0.2) is 9.97 Å². The van der Waals surface area contributed by atoms with Gasteiger partial charge in [-0.15, -0.1) is 0 Å². The molecule has 20 heavy (non-hydrogen) atoms. The normalized spacial score (nSPS) is 23.9. The summed E-state index contributed by atoms with van der Waals surface area (Å²) < 4.78 is 0. The van der Waals surface area contributed by atoms with Crippen LogP contribution in [0.1, 0.15) is 33.3 Å². The molecule has 0 saturated carbocycles. The van der Waals surface area contributed by atoms with Crippen molar-refractivity contribution in [2.24, 2.45) is 0 Å². The van der Waals surface area contributed by atoms with Crippen molar-refractivity contribution in [2.45, 2.75) is 46.2 Å². The minimum atomic E-state index is 0.543. The Balaban J connectivity index is 2.30. The number of nitrogens with zero attached hydrogens (tertiary/aromatic N) is 4. The standard InChI is InChI=1S/C15H27N5/c1-6-13-14(16-7-2)17-10-18-15(13)20-8-11(3)19(5)12(4)9-20/h10-12H,6-9H2,1-5H3,(H,16,17,18). The maximum atomic E-state index is 4.57. The molecule has 1 saturated heterocycles. The zero-order chi connectivity index (χ0) is 14.7. The van der Waals surface area contributed by atoms with Crippen LogP contribution in [0.2, 0.25) is 0 Å². The molecule has 0 radical (unpaired) electrons. The molecule has 1 aliphatic heterocycles. The van der Waals surface area contributed by atoms with E-state index >= 15 is 0 Å². The summed E-state index contributed by atoms with van der Waals surface area (Å²) in [6.07, 6.45) is 2.63. The lowest BCUT2D eigenvalue weighted by Crippen LogP contribution is -2.55. The molecule has 1 N–H and O–H groups in total. The van der Waals surface area contributed by atoms with Gasteiger partial charge in [-0.1, -0.05) is 6.92 Å². The molecule has 5 heteroatoms. The van der Waals surface area contributed by atoms with E-state index in [0.717, 1.165) is 37.7 Å². The van der Waals surface area contributed by atoms with Crippen LogP contribution in [0.3, 0.4) is 0 Å². The first-order valence-corrected chi connectivity index (χ1v) is 7.63. The van der Waals surface area contributed by atoms with E-state index in [9.17, 15) is 0 Å². The highest BCUT2D eigenvalue weighted by molar-refractivity contribution is 5.59. The predicted molar refractivity (Wildman–Crippen MR) is 84.5 cm³/mol. The number of hydrogen-bond acceptors (Lipinski definition) is 5. The largest absolute Gasteiger partial charge is 0.370 e. The Hall–Kier alpha value is -1.36. The third-order valence-corrected chi connectivity index (χ3v) is 4.28. The van der Waals surface area contributed by atoms with Gasteiger partial charge in [0.05, 0.1) is 0 Å². The lowest BCUT2D eigenvalue weighted by atomic mass is 10.1. The van der Waals surface area contributed by atoms with Gasteiger partial charge in [0.25, 0.3) is 0 Å². The smallest absolute Gasteiger partial charge is 0.137 e. The molecule has 1 fully saturated rings. The molecule has 2 atom stereocenters. The van der Waals surface area contributed by atoms with Gasteiger partial charge < -0.3 is 10.2 Å². The fourth-order valence-corrected chi connectivity index (χ4v) is 2.90. The van der Waals surface area contributed by atoms with Gasteiger partial charge in [-0.3, -0.25) is 4.90 Å².